The predicted octanol–water partition coefficient (Wildman–Crippen LogP) is 3.11. The van der Waals surface area contributed by atoms with Crippen LogP contribution in [0, 0.1) is 5.92 Å². The van der Waals surface area contributed by atoms with Gasteiger partial charge in [0, 0.05) is 12.1 Å². The Kier molecular flexibility index (Phi) is 4.26. The average Bonchev–Trinajstić information content (AvgIpc) is 2.80. The maximum atomic E-state index is 5.74. The predicted molar refractivity (Wildman–Crippen MR) is 67.6 cm³/mol. The van der Waals surface area contributed by atoms with Gasteiger partial charge in [0.1, 0.15) is 0 Å². The second kappa shape index (κ2) is 5.50. The van der Waals surface area contributed by atoms with Crippen molar-refractivity contribution in [2.75, 3.05) is 13.2 Å². The van der Waals surface area contributed by atoms with E-state index in [2.05, 4.69) is 19.2 Å². The molecule has 0 aromatic carbocycles. The highest BCUT2D eigenvalue weighted by atomic mass is 16.5. The van der Waals surface area contributed by atoms with E-state index in [0.29, 0.717) is 11.6 Å². The topological polar surface area (TPSA) is 21.3 Å². The standard InChI is InChI=1S/C14H27NO/c1-12(2)14(8-3-4-10-15-14)9-7-13-6-5-11-16-13/h12-13,15H,3-11H2,1-2H3. The summed E-state index contributed by atoms with van der Waals surface area (Å²) in [5.41, 5.74) is 0.407. The van der Waals surface area contributed by atoms with Gasteiger partial charge in [-0.3, -0.25) is 0 Å². The van der Waals surface area contributed by atoms with Crippen molar-refractivity contribution in [3.8, 4) is 0 Å². The van der Waals surface area contributed by atoms with Crippen molar-refractivity contribution in [2.45, 2.75) is 70.4 Å². The fourth-order valence-electron chi connectivity index (χ4n) is 3.28. The van der Waals surface area contributed by atoms with Crippen molar-refractivity contribution in [3.05, 3.63) is 0 Å². The average molecular weight is 225 g/mol. The Bertz CT molecular complexity index is 203. The quantitative estimate of drug-likeness (QED) is 0.794. The van der Waals surface area contributed by atoms with Crippen LogP contribution in [0.3, 0.4) is 0 Å². The van der Waals surface area contributed by atoms with Crippen LogP contribution in [0.1, 0.15) is 58.8 Å². The van der Waals surface area contributed by atoms with E-state index < -0.39 is 0 Å². The van der Waals surface area contributed by atoms with Crippen LogP contribution in [-0.2, 0) is 4.74 Å². The molecule has 0 bridgehead atoms. The number of nitrogens with one attached hydrogen (secondary N) is 1. The zero-order valence-electron chi connectivity index (χ0n) is 10.9. The first-order chi connectivity index (χ1) is 7.73. The molecule has 0 aromatic rings. The molecule has 2 atom stereocenters. The molecule has 2 heterocycles. The van der Waals surface area contributed by atoms with E-state index in [1.165, 1.54) is 51.5 Å². The molecule has 2 aliphatic heterocycles. The molecular formula is C14H27NO. The van der Waals surface area contributed by atoms with Gasteiger partial charge in [0.15, 0.2) is 0 Å². The summed E-state index contributed by atoms with van der Waals surface area (Å²) in [6.45, 7) is 6.94. The largest absolute Gasteiger partial charge is 0.378 e. The smallest absolute Gasteiger partial charge is 0.0576 e. The van der Waals surface area contributed by atoms with Crippen LogP contribution in [0.25, 0.3) is 0 Å². The molecule has 2 nitrogen and oxygen atoms in total. The summed E-state index contributed by atoms with van der Waals surface area (Å²) in [5.74, 6) is 0.745. The van der Waals surface area contributed by atoms with Crippen LogP contribution in [0.5, 0.6) is 0 Å². The molecule has 16 heavy (non-hydrogen) atoms. The van der Waals surface area contributed by atoms with Crippen LogP contribution < -0.4 is 5.32 Å². The third kappa shape index (κ3) is 2.78. The second-order valence-corrected chi connectivity index (χ2v) is 5.87. The van der Waals surface area contributed by atoms with E-state index in [0.717, 1.165) is 12.5 Å². The molecule has 0 radical (unpaired) electrons. The molecule has 0 amide bonds. The lowest BCUT2D eigenvalue weighted by molar-refractivity contribution is 0.0796. The molecule has 0 aliphatic carbocycles. The van der Waals surface area contributed by atoms with Crippen molar-refractivity contribution >= 4 is 0 Å². The van der Waals surface area contributed by atoms with Gasteiger partial charge >= 0.3 is 0 Å². The highest BCUT2D eigenvalue weighted by molar-refractivity contribution is 4.94. The number of hydrogen-bond donors (Lipinski definition) is 1. The Labute approximate surface area is 100 Å². The van der Waals surface area contributed by atoms with Gasteiger partial charge < -0.3 is 10.1 Å². The Morgan fingerprint density at radius 1 is 1.31 bits per heavy atom. The summed E-state index contributed by atoms with van der Waals surface area (Å²) in [4.78, 5) is 0. The molecule has 0 spiro atoms. The Morgan fingerprint density at radius 2 is 2.19 bits per heavy atom. The minimum absolute atomic E-state index is 0.407. The van der Waals surface area contributed by atoms with Gasteiger partial charge in [0.05, 0.1) is 6.10 Å². The normalized spacial score (nSPS) is 35.8. The first kappa shape index (κ1) is 12.4. The molecule has 0 saturated carbocycles. The van der Waals surface area contributed by atoms with Gasteiger partial charge in [-0.05, 0) is 51.0 Å². The Balaban J connectivity index is 1.86. The molecule has 2 unspecified atom stereocenters. The molecule has 2 rings (SSSR count). The van der Waals surface area contributed by atoms with Gasteiger partial charge in [0.2, 0.25) is 0 Å². The summed E-state index contributed by atoms with van der Waals surface area (Å²) in [6, 6.07) is 0. The SMILES string of the molecule is CC(C)C1(CCC2CCCO2)CCCCN1. The van der Waals surface area contributed by atoms with E-state index in [1.807, 2.05) is 0 Å². The molecule has 0 aromatic heterocycles. The van der Waals surface area contributed by atoms with E-state index in [9.17, 15) is 0 Å². The fourth-order valence-corrected chi connectivity index (χ4v) is 3.28. The van der Waals surface area contributed by atoms with E-state index in [4.69, 9.17) is 4.74 Å². The van der Waals surface area contributed by atoms with Crippen LogP contribution in [0.4, 0.5) is 0 Å². The number of rotatable bonds is 4. The lowest BCUT2D eigenvalue weighted by Gasteiger charge is -2.42. The summed E-state index contributed by atoms with van der Waals surface area (Å²) in [5, 5.41) is 3.80. The van der Waals surface area contributed by atoms with Crippen LogP contribution >= 0.6 is 0 Å². The highest BCUT2D eigenvalue weighted by Crippen LogP contribution is 2.33. The minimum Gasteiger partial charge on any atom is -0.378 e. The van der Waals surface area contributed by atoms with Crippen molar-refractivity contribution in [1.82, 2.24) is 5.32 Å². The number of hydrogen-bond acceptors (Lipinski definition) is 2. The van der Waals surface area contributed by atoms with Crippen molar-refractivity contribution in [2.24, 2.45) is 5.92 Å². The van der Waals surface area contributed by atoms with Crippen LogP contribution in [-0.4, -0.2) is 24.8 Å². The minimum atomic E-state index is 0.407. The van der Waals surface area contributed by atoms with Gasteiger partial charge in [-0.2, -0.15) is 0 Å². The first-order valence-electron chi connectivity index (χ1n) is 7.09. The van der Waals surface area contributed by atoms with E-state index in [1.54, 1.807) is 0 Å². The van der Waals surface area contributed by atoms with Gasteiger partial charge in [-0.1, -0.05) is 20.3 Å². The Hall–Kier alpha value is -0.0800. The summed E-state index contributed by atoms with van der Waals surface area (Å²) in [6.07, 6.45) is 9.78. The molecular weight excluding hydrogens is 198 g/mol. The highest BCUT2D eigenvalue weighted by Gasteiger charge is 2.35. The number of ether oxygens (including phenoxy) is 1. The van der Waals surface area contributed by atoms with Crippen LogP contribution in [0.15, 0.2) is 0 Å². The Morgan fingerprint density at radius 3 is 2.75 bits per heavy atom. The lowest BCUT2D eigenvalue weighted by Crippen LogP contribution is -2.52. The second-order valence-electron chi connectivity index (χ2n) is 5.87. The molecule has 2 saturated heterocycles. The fraction of sp³-hybridized carbons (Fsp3) is 1.00. The zero-order chi connectivity index (χ0) is 11.4. The lowest BCUT2D eigenvalue weighted by atomic mass is 9.75. The maximum Gasteiger partial charge on any atom is 0.0576 e. The molecule has 94 valence electrons. The zero-order valence-corrected chi connectivity index (χ0v) is 10.9. The first-order valence-corrected chi connectivity index (χ1v) is 7.09. The summed E-state index contributed by atoms with van der Waals surface area (Å²) < 4.78 is 5.74. The van der Waals surface area contributed by atoms with Gasteiger partial charge in [-0.25, -0.2) is 0 Å². The number of piperidine rings is 1. The molecule has 2 fully saturated rings. The summed E-state index contributed by atoms with van der Waals surface area (Å²) >= 11 is 0. The molecule has 1 N–H and O–H groups in total. The van der Waals surface area contributed by atoms with Gasteiger partial charge in [-0.15, -0.1) is 0 Å². The van der Waals surface area contributed by atoms with Crippen molar-refractivity contribution in [1.29, 1.82) is 0 Å². The summed E-state index contributed by atoms with van der Waals surface area (Å²) in [7, 11) is 0. The van der Waals surface area contributed by atoms with Crippen molar-refractivity contribution < 1.29 is 4.74 Å². The maximum absolute atomic E-state index is 5.74. The molecule has 2 heteroatoms. The van der Waals surface area contributed by atoms with E-state index in [-0.39, 0.29) is 0 Å². The third-order valence-corrected chi connectivity index (χ3v) is 4.57. The van der Waals surface area contributed by atoms with Crippen molar-refractivity contribution in [3.63, 3.8) is 0 Å². The molecule has 2 aliphatic rings. The van der Waals surface area contributed by atoms with Gasteiger partial charge in [0.25, 0.3) is 0 Å². The monoisotopic (exact) mass is 225 g/mol. The van der Waals surface area contributed by atoms with Crippen LogP contribution in [0.2, 0.25) is 0 Å². The third-order valence-electron chi connectivity index (χ3n) is 4.57. The van der Waals surface area contributed by atoms with E-state index >= 15 is 0 Å².